The van der Waals surface area contributed by atoms with Gasteiger partial charge < -0.3 is 9.84 Å². The molecule has 0 aliphatic heterocycles. The van der Waals surface area contributed by atoms with Crippen molar-refractivity contribution < 1.29 is 9.84 Å². The van der Waals surface area contributed by atoms with Crippen LogP contribution < -0.4 is 4.74 Å². The summed E-state index contributed by atoms with van der Waals surface area (Å²) in [6.07, 6.45) is 0. The number of aromatic nitrogens is 2. The second kappa shape index (κ2) is 5.01. The number of nitrogens with zero attached hydrogens (tertiary/aromatic N) is 2. The third-order valence-electron chi connectivity index (χ3n) is 2.19. The van der Waals surface area contributed by atoms with Crippen molar-refractivity contribution in [1.29, 1.82) is 0 Å². The molecule has 5 heteroatoms. The molecule has 1 aromatic carbocycles. The normalized spacial score (nSPS) is 10.2. The minimum Gasteiger partial charge on any atom is -0.507 e. The van der Waals surface area contributed by atoms with Gasteiger partial charge in [0.1, 0.15) is 11.5 Å². The molecule has 0 aliphatic rings. The van der Waals surface area contributed by atoms with Crippen molar-refractivity contribution in [1.82, 2.24) is 10.2 Å². The van der Waals surface area contributed by atoms with E-state index in [-0.39, 0.29) is 5.75 Å². The van der Waals surface area contributed by atoms with Gasteiger partial charge in [-0.3, -0.25) is 0 Å². The molecule has 4 nitrogen and oxygen atoms in total. The van der Waals surface area contributed by atoms with Crippen LogP contribution in [0.25, 0.3) is 11.3 Å². The minimum atomic E-state index is 0.104. The van der Waals surface area contributed by atoms with Gasteiger partial charge in [0, 0.05) is 11.6 Å². The summed E-state index contributed by atoms with van der Waals surface area (Å²) in [5.74, 6) is 0.725. The average molecular weight is 251 g/mol. The van der Waals surface area contributed by atoms with E-state index in [0.717, 1.165) is 0 Å². The van der Waals surface area contributed by atoms with Gasteiger partial charge in [-0.15, -0.1) is 10.2 Å². The van der Waals surface area contributed by atoms with E-state index in [4.69, 9.17) is 16.3 Å². The minimum absolute atomic E-state index is 0.104. The van der Waals surface area contributed by atoms with Gasteiger partial charge in [0.2, 0.25) is 0 Å². The first kappa shape index (κ1) is 11.7. The fourth-order valence-electron chi connectivity index (χ4n) is 1.44. The molecule has 0 spiro atoms. The summed E-state index contributed by atoms with van der Waals surface area (Å²) in [7, 11) is 0. The average Bonchev–Trinajstić information content (AvgIpc) is 2.31. The number of phenols is 1. The second-order valence-electron chi connectivity index (χ2n) is 3.35. The van der Waals surface area contributed by atoms with Gasteiger partial charge in [0.25, 0.3) is 0 Å². The molecular formula is C12H11ClN2O2. The Hall–Kier alpha value is -1.81. The number of rotatable bonds is 3. The van der Waals surface area contributed by atoms with Crippen LogP contribution >= 0.6 is 11.6 Å². The van der Waals surface area contributed by atoms with E-state index < -0.39 is 0 Å². The first-order valence-electron chi connectivity index (χ1n) is 5.16. The maximum atomic E-state index is 9.86. The van der Waals surface area contributed by atoms with Crippen LogP contribution in [0.4, 0.5) is 0 Å². The van der Waals surface area contributed by atoms with Crippen LogP contribution in [0.2, 0.25) is 5.15 Å². The smallest absolute Gasteiger partial charge is 0.151 e. The summed E-state index contributed by atoms with van der Waals surface area (Å²) < 4.78 is 5.28. The van der Waals surface area contributed by atoms with E-state index in [9.17, 15) is 5.11 Å². The van der Waals surface area contributed by atoms with Gasteiger partial charge in [-0.05, 0) is 31.2 Å². The van der Waals surface area contributed by atoms with Crippen molar-refractivity contribution in [2.45, 2.75) is 6.92 Å². The van der Waals surface area contributed by atoms with Gasteiger partial charge in [0.05, 0.1) is 12.3 Å². The zero-order chi connectivity index (χ0) is 12.3. The summed E-state index contributed by atoms with van der Waals surface area (Å²) in [6, 6.07) is 8.38. The van der Waals surface area contributed by atoms with Crippen LogP contribution in [0, 0.1) is 0 Å². The third-order valence-corrected chi connectivity index (χ3v) is 2.39. The van der Waals surface area contributed by atoms with E-state index in [2.05, 4.69) is 10.2 Å². The predicted octanol–water partition coefficient (Wildman–Crippen LogP) is 2.90. The molecule has 2 aromatic rings. The summed E-state index contributed by atoms with van der Waals surface area (Å²) in [5, 5.41) is 17.8. The molecular weight excluding hydrogens is 240 g/mol. The van der Waals surface area contributed by atoms with E-state index >= 15 is 0 Å². The lowest BCUT2D eigenvalue weighted by atomic mass is 10.1. The van der Waals surface area contributed by atoms with Crippen LogP contribution in [0.5, 0.6) is 11.5 Å². The van der Waals surface area contributed by atoms with E-state index in [1.165, 1.54) is 0 Å². The highest BCUT2D eigenvalue weighted by atomic mass is 35.5. The lowest BCUT2D eigenvalue weighted by Gasteiger charge is -2.07. The Morgan fingerprint density at radius 2 is 2.06 bits per heavy atom. The topological polar surface area (TPSA) is 55.2 Å². The van der Waals surface area contributed by atoms with Crippen molar-refractivity contribution in [3.05, 3.63) is 35.5 Å². The fourth-order valence-corrected chi connectivity index (χ4v) is 1.54. The largest absolute Gasteiger partial charge is 0.507 e. The van der Waals surface area contributed by atoms with Crippen LogP contribution in [0.1, 0.15) is 6.92 Å². The van der Waals surface area contributed by atoms with Crippen molar-refractivity contribution in [3.8, 4) is 22.8 Å². The van der Waals surface area contributed by atoms with Crippen molar-refractivity contribution in [2.75, 3.05) is 6.61 Å². The highest BCUT2D eigenvalue weighted by Crippen LogP contribution is 2.31. The molecule has 88 valence electrons. The Bertz CT molecular complexity index is 514. The van der Waals surface area contributed by atoms with E-state index in [0.29, 0.717) is 28.8 Å². The molecule has 0 fully saturated rings. The molecule has 1 aromatic heterocycles. The fraction of sp³-hybridized carbons (Fsp3) is 0.167. The Labute approximate surface area is 104 Å². The van der Waals surface area contributed by atoms with Crippen LogP contribution in [0.3, 0.4) is 0 Å². The number of hydrogen-bond donors (Lipinski definition) is 1. The lowest BCUT2D eigenvalue weighted by Crippen LogP contribution is -1.92. The van der Waals surface area contributed by atoms with Crippen molar-refractivity contribution in [3.63, 3.8) is 0 Å². The first-order chi connectivity index (χ1) is 8.20. The number of aromatic hydroxyl groups is 1. The monoisotopic (exact) mass is 250 g/mol. The molecule has 0 saturated carbocycles. The Balaban J connectivity index is 2.36. The van der Waals surface area contributed by atoms with Crippen molar-refractivity contribution >= 4 is 11.6 Å². The molecule has 0 saturated heterocycles. The Kier molecular flexibility index (Phi) is 3.44. The standard InChI is InChI=1S/C12H11ClN2O2/c1-2-17-8-3-4-9(11(16)7-8)10-5-6-12(13)15-14-10/h3-7,16H,2H2,1H3. The second-order valence-corrected chi connectivity index (χ2v) is 3.74. The van der Waals surface area contributed by atoms with Crippen molar-refractivity contribution in [2.24, 2.45) is 0 Å². The number of benzene rings is 1. The van der Waals surface area contributed by atoms with Gasteiger partial charge in [-0.25, -0.2) is 0 Å². The van der Waals surface area contributed by atoms with Crippen LogP contribution in [-0.4, -0.2) is 21.9 Å². The number of hydrogen-bond acceptors (Lipinski definition) is 4. The highest BCUT2D eigenvalue weighted by molar-refractivity contribution is 6.29. The van der Waals surface area contributed by atoms with Gasteiger partial charge in [0.15, 0.2) is 5.15 Å². The molecule has 17 heavy (non-hydrogen) atoms. The quantitative estimate of drug-likeness (QED) is 0.910. The van der Waals surface area contributed by atoms with E-state index in [1.807, 2.05) is 6.92 Å². The molecule has 0 aliphatic carbocycles. The maximum Gasteiger partial charge on any atom is 0.151 e. The number of ether oxygens (including phenoxy) is 1. The first-order valence-corrected chi connectivity index (χ1v) is 5.54. The summed E-state index contributed by atoms with van der Waals surface area (Å²) in [6.45, 7) is 2.44. The van der Waals surface area contributed by atoms with Crippen LogP contribution in [-0.2, 0) is 0 Å². The zero-order valence-corrected chi connectivity index (χ0v) is 9.98. The number of phenolic OH excluding ortho intramolecular Hbond substituents is 1. The zero-order valence-electron chi connectivity index (χ0n) is 9.22. The molecule has 2 rings (SSSR count). The van der Waals surface area contributed by atoms with Gasteiger partial charge in [-0.2, -0.15) is 0 Å². The van der Waals surface area contributed by atoms with Crippen LogP contribution in [0.15, 0.2) is 30.3 Å². The highest BCUT2D eigenvalue weighted by Gasteiger charge is 2.07. The molecule has 0 radical (unpaired) electrons. The molecule has 0 bridgehead atoms. The lowest BCUT2D eigenvalue weighted by molar-refractivity contribution is 0.338. The van der Waals surface area contributed by atoms with Gasteiger partial charge >= 0.3 is 0 Å². The molecule has 1 N–H and O–H groups in total. The van der Waals surface area contributed by atoms with Gasteiger partial charge in [-0.1, -0.05) is 11.6 Å². The Morgan fingerprint density at radius 1 is 1.24 bits per heavy atom. The molecule has 0 atom stereocenters. The summed E-state index contributed by atoms with van der Waals surface area (Å²) in [4.78, 5) is 0. The molecule has 0 unspecified atom stereocenters. The predicted molar refractivity (Wildman–Crippen MR) is 65.3 cm³/mol. The SMILES string of the molecule is CCOc1ccc(-c2ccc(Cl)nn2)c(O)c1. The summed E-state index contributed by atoms with van der Waals surface area (Å²) in [5.41, 5.74) is 1.16. The number of halogens is 1. The van der Waals surface area contributed by atoms with E-state index in [1.54, 1.807) is 30.3 Å². The third kappa shape index (κ3) is 2.65. The summed E-state index contributed by atoms with van der Waals surface area (Å²) >= 11 is 5.65. The molecule has 0 amide bonds. The molecule has 1 heterocycles. The maximum absolute atomic E-state index is 9.86. The Morgan fingerprint density at radius 3 is 2.65 bits per heavy atom.